The van der Waals surface area contributed by atoms with E-state index in [1.807, 2.05) is 31.2 Å². The molecule has 24 heavy (non-hydrogen) atoms. The Kier molecular flexibility index (Phi) is 5.64. The van der Waals surface area contributed by atoms with Gasteiger partial charge in [-0.05, 0) is 44.9 Å². The zero-order valence-electron chi connectivity index (χ0n) is 14.7. The zero-order chi connectivity index (χ0) is 17.0. The van der Waals surface area contributed by atoms with E-state index >= 15 is 0 Å². The highest BCUT2D eigenvalue weighted by Crippen LogP contribution is 2.35. The molecule has 2 heterocycles. The largest absolute Gasteiger partial charge is 0.497 e. The maximum Gasteiger partial charge on any atom is 0.123 e. The number of hydrogen-bond donors (Lipinski definition) is 1. The lowest BCUT2D eigenvalue weighted by molar-refractivity contribution is -0.123. The lowest BCUT2D eigenvalue weighted by Crippen LogP contribution is -2.53. The minimum atomic E-state index is -0.626. The van der Waals surface area contributed by atoms with Gasteiger partial charge in [0.2, 0.25) is 0 Å². The Balaban J connectivity index is 1.54. The predicted molar refractivity (Wildman–Crippen MR) is 92.6 cm³/mol. The third kappa shape index (κ3) is 4.02. The van der Waals surface area contributed by atoms with Crippen molar-refractivity contribution in [2.45, 2.75) is 37.8 Å². The number of methoxy groups -OCH3 is 1. The Bertz CT molecular complexity index is 534. The third-order valence-corrected chi connectivity index (χ3v) is 5.42. The fraction of sp³-hybridized carbons (Fsp3) is 0.684. The summed E-state index contributed by atoms with van der Waals surface area (Å²) >= 11 is 0. The van der Waals surface area contributed by atoms with Crippen molar-refractivity contribution in [3.05, 3.63) is 24.3 Å². The molecule has 2 aliphatic rings. The summed E-state index contributed by atoms with van der Waals surface area (Å²) in [5.74, 6) is 1.82. The van der Waals surface area contributed by atoms with E-state index in [1.54, 1.807) is 7.11 Å². The lowest BCUT2D eigenvalue weighted by atomic mass is 9.79. The van der Waals surface area contributed by atoms with E-state index in [0.717, 1.165) is 37.4 Å². The van der Waals surface area contributed by atoms with Crippen LogP contribution in [0.15, 0.2) is 24.3 Å². The molecule has 0 spiro atoms. The molecule has 0 radical (unpaired) electrons. The van der Waals surface area contributed by atoms with Crippen molar-refractivity contribution in [1.29, 1.82) is 0 Å². The van der Waals surface area contributed by atoms with Crippen LogP contribution in [0, 0.1) is 5.92 Å². The van der Waals surface area contributed by atoms with Crippen LogP contribution in [0.5, 0.6) is 11.5 Å². The molecule has 0 aromatic heterocycles. The highest BCUT2D eigenvalue weighted by molar-refractivity contribution is 5.32. The maximum absolute atomic E-state index is 10.7. The first-order chi connectivity index (χ1) is 11.6. The van der Waals surface area contributed by atoms with Crippen LogP contribution in [-0.2, 0) is 4.74 Å². The van der Waals surface area contributed by atoms with E-state index in [2.05, 4.69) is 4.90 Å². The number of likely N-dealkylation sites (tertiary alicyclic amines) is 1. The molecule has 3 atom stereocenters. The van der Waals surface area contributed by atoms with Crippen LogP contribution in [0.25, 0.3) is 0 Å². The molecule has 0 saturated carbocycles. The van der Waals surface area contributed by atoms with Crippen molar-refractivity contribution in [3.63, 3.8) is 0 Å². The second-order valence-corrected chi connectivity index (χ2v) is 7.06. The highest BCUT2D eigenvalue weighted by Gasteiger charge is 2.43. The number of hydrogen-bond acceptors (Lipinski definition) is 5. The van der Waals surface area contributed by atoms with Crippen molar-refractivity contribution >= 4 is 0 Å². The fourth-order valence-corrected chi connectivity index (χ4v) is 3.94. The molecule has 134 valence electrons. The van der Waals surface area contributed by atoms with Gasteiger partial charge in [-0.3, -0.25) is 4.90 Å². The fourth-order valence-electron chi connectivity index (χ4n) is 3.94. The average molecular weight is 335 g/mol. The third-order valence-electron chi connectivity index (χ3n) is 5.42. The van der Waals surface area contributed by atoms with E-state index in [0.29, 0.717) is 25.9 Å². The van der Waals surface area contributed by atoms with Gasteiger partial charge in [0.25, 0.3) is 0 Å². The first-order valence-corrected chi connectivity index (χ1v) is 8.91. The Morgan fingerprint density at radius 3 is 3.00 bits per heavy atom. The number of nitrogens with zero attached hydrogens (tertiary/aromatic N) is 1. The molecular weight excluding hydrogens is 306 g/mol. The molecule has 3 rings (SSSR count). The number of ether oxygens (including phenoxy) is 3. The number of aliphatic hydroxyl groups is 1. The minimum absolute atomic E-state index is 0.186. The van der Waals surface area contributed by atoms with Gasteiger partial charge >= 0.3 is 0 Å². The monoisotopic (exact) mass is 335 g/mol. The molecule has 0 unspecified atom stereocenters. The van der Waals surface area contributed by atoms with Crippen LogP contribution in [0.3, 0.4) is 0 Å². The van der Waals surface area contributed by atoms with Crippen LogP contribution in [0.2, 0.25) is 0 Å². The summed E-state index contributed by atoms with van der Waals surface area (Å²) in [5, 5.41) is 10.7. The molecule has 0 bridgehead atoms. The SMILES string of the molecule is COc1cccc(OCCN2CCC[C@@H]2[C@H]2COCC[C@]2(C)O)c1. The molecule has 1 aromatic carbocycles. The maximum atomic E-state index is 10.7. The lowest BCUT2D eigenvalue weighted by Gasteiger charge is -2.43. The number of benzene rings is 1. The van der Waals surface area contributed by atoms with E-state index in [4.69, 9.17) is 14.2 Å². The standard InChI is InChI=1S/C19H29NO4/c1-19(21)8-11-23-14-17(19)18-7-4-9-20(18)10-12-24-16-6-3-5-15(13-16)22-2/h3,5-6,13,17-18,21H,4,7-12,14H2,1-2H3/t17-,18-,19+/m1/s1. The van der Waals surface area contributed by atoms with Crippen molar-refractivity contribution in [2.75, 3.05) is 40.0 Å². The first-order valence-electron chi connectivity index (χ1n) is 8.91. The zero-order valence-corrected chi connectivity index (χ0v) is 14.7. The molecule has 5 nitrogen and oxygen atoms in total. The highest BCUT2D eigenvalue weighted by atomic mass is 16.5. The first kappa shape index (κ1) is 17.5. The molecular formula is C19H29NO4. The van der Waals surface area contributed by atoms with Crippen molar-refractivity contribution in [3.8, 4) is 11.5 Å². The molecule has 1 aromatic rings. The van der Waals surface area contributed by atoms with Gasteiger partial charge in [-0.25, -0.2) is 0 Å². The Morgan fingerprint density at radius 2 is 2.21 bits per heavy atom. The summed E-state index contributed by atoms with van der Waals surface area (Å²) in [6, 6.07) is 8.08. The van der Waals surface area contributed by atoms with Crippen LogP contribution >= 0.6 is 0 Å². The van der Waals surface area contributed by atoms with Crippen LogP contribution < -0.4 is 9.47 Å². The second kappa shape index (κ2) is 7.72. The summed E-state index contributed by atoms with van der Waals surface area (Å²) in [7, 11) is 1.66. The summed E-state index contributed by atoms with van der Waals surface area (Å²) in [6.07, 6.45) is 3.03. The van der Waals surface area contributed by atoms with Gasteiger partial charge in [-0.2, -0.15) is 0 Å². The van der Waals surface area contributed by atoms with Crippen molar-refractivity contribution in [2.24, 2.45) is 5.92 Å². The Morgan fingerprint density at radius 1 is 1.38 bits per heavy atom. The summed E-state index contributed by atoms with van der Waals surface area (Å²) in [5.41, 5.74) is -0.626. The molecule has 0 amide bonds. The molecule has 2 fully saturated rings. The smallest absolute Gasteiger partial charge is 0.123 e. The van der Waals surface area contributed by atoms with Crippen molar-refractivity contribution in [1.82, 2.24) is 4.90 Å². The van der Waals surface area contributed by atoms with Gasteiger partial charge in [-0.1, -0.05) is 6.07 Å². The van der Waals surface area contributed by atoms with Gasteiger partial charge < -0.3 is 19.3 Å². The predicted octanol–water partition coefficient (Wildman–Crippen LogP) is 2.33. The van der Waals surface area contributed by atoms with Gasteiger partial charge in [0.1, 0.15) is 18.1 Å². The van der Waals surface area contributed by atoms with E-state index in [-0.39, 0.29) is 5.92 Å². The quantitative estimate of drug-likeness (QED) is 0.865. The summed E-state index contributed by atoms with van der Waals surface area (Å²) in [4.78, 5) is 2.45. The van der Waals surface area contributed by atoms with Gasteiger partial charge in [0, 0.05) is 31.2 Å². The van der Waals surface area contributed by atoms with Crippen LogP contribution in [0.4, 0.5) is 0 Å². The van der Waals surface area contributed by atoms with Crippen LogP contribution in [-0.4, -0.2) is 61.7 Å². The second-order valence-electron chi connectivity index (χ2n) is 7.06. The minimum Gasteiger partial charge on any atom is -0.497 e. The van der Waals surface area contributed by atoms with Crippen LogP contribution in [0.1, 0.15) is 26.2 Å². The molecule has 1 N–H and O–H groups in total. The van der Waals surface area contributed by atoms with Gasteiger partial charge in [-0.15, -0.1) is 0 Å². The summed E-state index contributed by atoms with van der Waals surface area (Å²) in [6.45, 7) is 5.86. The summed E-state index contributed by atoms with van der Waals surface area (Å²) < 4.78 is 16.8. The van der Waals surface area contributed by atoms with E-state index in [1.165, 1.54) is 6.42 Å². The van der Waals surface area contributed by atoms with Crippen molar-refractivity contribution < 1.29 is 19.3 Å². The van der Waals surface area contributed by atoms with E-state index in [9.17, 15) is 5.11 Å². The van der Waals surface area contributed by atoms with E-state index < -0.39 is 5.60 Å². The topological polar surface area (TPSA) is 51.2 Å². The Hall–Kier alpha value is -1.30. The number of rotatable bonds is 6. The average Bonchev–Trinajstić information content (AvgIpc) is 3.03. The molecule has 2 aliphatic heterocycles. The Labute approximate surface area is 144 Å². The van der Waals surface area contributed by atoms with Gasteiger partial charge in [0.05, 0.1) is 19.3 Å². The van der Waals surface area contributed by atoms with Gasteiger partial charge in [0.15, 0.2) is 0 Å². The molecule has 5 heteroatoms. The normalized spacial score (nSPS) is 31.1. The molecule has 2 saturated heterocycles. The molecule has 0 aliphatic carbocycles.